The van der Waals surface area contributed by atoms with E-state index in [4.69, 9.17) is 0 Å². The van der Waals surface area contributed by atoms with Crippen molar-refractivity contribution in [3.63, 3.8) is 0 Å². The number of aromatic nitrogens is 2. The van der Waals surface area contributed by atoms with Crippen LogP contribution in [0.3, 0.4) is 0 Å². The molecule has 2 nitrogen and oxygen atoms in total. The molecule has 1 heterocycles. The van der Waals surface area contributed by atoms with Gasteiger partial charge in [-0.2, -0.15) is 0 Å². The summed E-state index contributed by atoms with van der Waals surface area (Å²) in [4.78, 5) is 7.44. The van der Waals surface area contributed by atoms with E-state index in [1.54, 1.807) is 6.07 Å². The van der Waals surface area contributed by atoms with Crippen LogP contribution in [-0.2, 0) is 0 Å². The van der Waals surface area contributed by atoms with Crippen LogP contribution in [0.1, 0.15) is 24.5 Å². The van der Waals surface area contributed by atoms with Crippen molar-refractivity contribution < 1.29 is 4.39 Å². The van der Waals surface area contributed by atoms with Gasteiger partial charge in [-0.1, -0.05) is 6.07 Å². The van der Waals surface area contributed by atoms with Crippen LogP contribution < -0.4 is 0 Å². The van der Waals surface area contributed by atoms with Crippen molar-refractivity contribution in [3.8, 4) is 11.4 Å². The second-order valence-corrected chi connectivity index (χ2v) is 4.91. The summed E-state index contributed by atoms with van der Waals surface area (Å²) in [6, 6.07) is 4.94. The molecule has 1 aliphatic rings. The molecule has 4 heteroatoms. The first-order valence-electron chi connectivity index (χ1n) is 5.25. The molecule has 1 aromatic carbocycles. The molecule has 0 spiro atoms. The lowest BCUT2D eigenvalue weighted by atomic mass is 10.2. The molecule has 0 aliphatic heterocycles. The lowest BCUT2D eigenvalue weighted by Gasteiger charge is -2.02. The average Bonchev–Trinajstić information content (AvgIpc) is 2.99. The van der Waals surface area contributed by atoms with E-state index < -0.39 is 0 Å². The molecule has 0 saturated heterocycles. The maximum atomic E-state index is 13.7. The summed E-state index contributed by atoms with van der Waals surface area (Å²) >= 11 is 3.35. The summed E-state index contributed by atoms with van der Waals surface area (Å²) in [5, 5.41) is 0. The van der Waals surface area contributed by atoms with Crippen LogP contribution in [0.25, 0.3) is 11.4 Å². The highest BCUT2D eigenvalue weighted by molar-refractivity contribution is 9.10. The van der Waals surface area contributed by atoms with Gasteiger partial charge in [-0.25, -0.2) is 9.37 Å². The topological polar surface area (TPSA) is 28.7 Å². The first-order valence-corrected chi connectivity index (χ1v) is 6.04. The molecular formula is C12H10BrFN2. The molecule has 3 rings (SSSR count). The van der Waals surface area contributed by atoms with Gasteiger partial charge >= 0.3 is 0 Å². The van der Waals surface area contributed by atoms with E-state index in [1.165, 1.54) is 18.9 Å². The first kappa shape index (κ1) is 10.0. The highest BCUT2D eigenvalue weighted by Crippen LogP contribution is 2.40. The Morgan fingerprint density at radius 3 is 2.88 bits per heavy atom. The van der Waals surface area contributed by atoms with Gasteiger partial charge < -0.3 is 4.98 Å². The minimum Gasteiger partial charge on any atom is -0.342 e. The predicted molar refractivity (Wildman–Crippen MR) is 63.7 cm³/mol. The van der Waals surface area contributed by atoms with E-state index in [1.807, 2.05) is 12.3 Å². The Kier molecular flexibility index (Phi) is 2.32. The molecule has 16 heavy (non-hydrogen) atoms. The second kappa shape index (κ2) is 3.70. The number of imidazole rings is 1. The fraction of sp³-hybridized carbons (Fsp3) is 0.250. The van der Waals surface area contributed by atoms with Gasteiger partial charge in [-0.15, -0.1) is 0 Å². The fourth-order valence-corrected chi connectivity index (χ4v) is 2.32. The van der Waals surface area contributed by atoms with Crippen LogP contribution in [0.15, 0.2) is 28.9 Å². The number of hydrogen-bond donors (Lipinski definition) is 1. The monoisotopic (exact) mass is 280 g/mol. The molecule has 0 unspecified atom stereocenters. The molecule has 0 atom stereocenters. The molecule has 2 aromatic rings. The highest BCUT2D eigenvalue weighted by atomic mass is 79.9. The molecule has 0 radical (unpaired) electrons. The largest absolute Gasteiger partial charge is 0.342 e. The number of rotatable bonds is 2. The number of halogens is 2. The maximum absolute atomic E-state index is 13.7. The van der Waals surface area contributed by atoms with Gasteiger partial charge in [-0.05, 0) is 40.9 Å². The maximum Gasteiger partial charge on any atom is 0.141 e. The Morgan fingerprint density at radius 1 is 1.38 bits per heavy atom. The Labute approximate surface area is 101 Å². The summed E-state index contributed by atoms with van der Waals surface area (Å²) in [6.07, 6.45) is 4.23. The Morgan fingerprint density at radius 2 is 2.19 bits per heavy atom. The minimum absolute atomic E-state index is 0.258. The Bertz CT molecular complexity index is 511. The quantitative estimate of drug-likeness (QED) is 0.889. The van der Waals surface area contributed by atoms with E-state index in [-0.39, 0.29) is 5.82 Å². The van der Waals surface area contributed by atoms with Gasteiger partial charge in [0.05, 0.1) is 5.56 Å². The molecule has 0 amide bonds. The number of aromatic amines is 1. The highest BCUT2D eigenvalue weighted by Gasteiger charge is 2.26. The minimum atomic E-state index is -0.258. The smallest absolute Gasteiger partial charge is 0.141 e. The van der Waals surface area contributed by atoms with Crippen LogP contribution in [0.5, 0.6) is 0 Å². The van der Waals surface area contributed by atoms with Gasteiger partial charge in [0.25, 0.3) is 0 Å². The van der Waals surface area contributed by atoms with Crippen molar-refractivity contribution in [1.82, 2.24) is 9.97 Å². The molecular weight excluding hydrogens is 271 g/mol. The first-order chi connectivity index (χ1) is 7.75. The summed E-state index contributed by atoms with van der Waals surface area (Å²) < 4.78 is 14.4. The number of benzene rings is 1. The molecule has 1 saturated carbocycles. The number of nitrogens with zero attached hydrogens (tertiary/aromatic N) is 1. The zero-order valence-electron chi connectivity index (χ0n) is 8.50. The number of nitrogens with one attached hydrogen (secondary N) is 1. The van der Waals surface area contributed by atoms with Crippen LogP contribution >= 0.6 is 15.9 Å². The van der Waals surface area contributed by atoms with Crippen molar-refractivity contribution in [2.75, 3.05) is 0 Å². The standard InChI is InChI=1S/C12H10BrFN2/c13-8-2-1-3-9(14)11(8)12-15-6-10(16-12)7-4-5-7/h1-3,6-7H,4-5H2,(H,15,16). The van der Waals surface area contributed by atoms with E-state index >= 15 is 0 Å². The van der Waals surface area contributed by atoms with Gasteiger partial charge in [0.2, 0.25) is 0 Å². The molecule has 0 bridgehead atoms. The summed E-state index contributed by atoms with van der Waals surface area (Å²) in [6.45, 7) is 0. The summed E-state index contributed by atoms with van der Waals surface area (Å²) in [5.74, 6) is 0.949. The summed E-state index contributed by atoms with van der Waals surface area (Å²) in [7, 11) is 0. The number of H-pyrrole nitrogens is 1. The molecule has 1 fully saturated rings. The van der Waals surface area contributed by atoms with Crippen molar-refractivity contribution >= 4 is 15.9 Å². The fourth-order valence-electron chi connectivity index (χ4n) is 1.79. The SMILES string of the molecule is Fc1cccc(Br)c1-c1ncc(C2CC2)[nH]1. The van der Waals surface area contributed by atoms with E-state index in [2.05, 4.69) is 25.9 Å². The third-order valence-electron chi connectivity index (χ3n) is 2.81. The zero-order valence-corrected chi connectivity index (χ0v) is 10.1. The second-order valence-electron chi connectivity index (χ2n) is 4.06. The van der Waals surface area contributed by atoms with Crippen LogP contribution in [0.4, 0.5) is 4.39 Å². The van der Waals surface area contributed by atoms with Crippen LogP contribution in [-0.4, -0.2) is 9.97 Å². The molecule has 1 aliphatic carbocycles. The zero-order chi connectivity index (χ0) is 11.1. The predicted octanol–water partition coefficient (Wildman–Crippen LogP) is 3.86. The average molecular weight is 281 g/mol. The third kappa shape index (κ3) is 1.67. The Balaban J connectivity index is 2.06. The van der Waals surface area contributed by atoms with Crippen molar-refractivity contribution in [3.05, 3.63) is 40.4 Å². The lowest BCUT2D eigenvalue weighted by molar-refractivity contribution is 0.629. The van der Waals surface area contributed by atoms with Gasteiger partial charge in [0, 0.05) is 22.3 Å². The molecule has 82 valence electrons. The van der Waals surface area contributed by atoms with E-state index in [0.29, 0.717) is 17.3 Å². The van der Waals surface area contributed by atoms with Gasteiger partial charge in [0.1, 0.15) is 11.6 Å². The normalized spacial score (nSPS) is 15.4. The van der Waals surface area contributed by atoms with Gasteiger partial charge in [0.15, 0.2) is 0 Å². The third-order valence-corrected chi connectivity index (χ3v) is 3.47. The van der Waals surface area contributed by atoms with Crippen molar-refractivity contribution in [2.24, 2.45) is 0 Å². The van der Waals surface area contributed by atoms with Crippen LogP contribution in [0, 0.1) is 5.82 Å². The van der Waals surface area contributed by atoms with Gasteiger partial charge in [-0.3, -0.25) is 0 Å². The summed E-state index contributed by atoms with van der Waals surface area (Å²) in [5.41, 5.74) is 1.62. The van der Waals surface area contributed by atoms with E-state index in [0.717, 1.165) is 10.2 Å². The van der Waals surface area contributed by atoms with Crippen molar-refractivity contribution in [1.29, 1.82) is 0 Å². The van der Waals surface area contributed by atoms with Crippen molar-refractivity contribution in [2.45, 2.75) is 18.8 Å². The number of hydrogen-bond acceptors (Lipinski definition) is 1. The molecule has 1 aromatic heterocycles. The molecule has 1 N–H and O–H groups in total. The van der Waals surface area contributed by atoms with Crippen LogP contribution in [0.2, 0.25) is 0 Å². The van der Waals surface area contributed by atoms with E-state index in [9.17, 15) is 4.39 Å². The lowest BCUT2D eigenvalue weighted by Crippen LogP contribution is -1.88. The Hall–Kier alpha value is -1.16.